The van der Waals surface area contributed by atoms with Crippen molar-refractivity contribution in [3.63, 3.8) is 0 Å². The van der Waals surface area contributed by atoms with Crippen LogP contribution in [0.1, 0.15) is 30.7 Å². The Morgan fingerprint density at radius 1 is 1.04 bits per heavy atom. The summed E-state index contributed by atoms with van der Waals surface area (Å²) in [5.41, 5.74) is 4.00. The van der Waals surface area contributed by atoms with Gasteiger partial charge in [0.2, 0.25) is 0 Å². The maximum Gasteiger partial charge on any atom is 0.141 e. The second kappa shape index (κ2) is 7.72. The van der Waals surface area contributed by atoms with E-state index in [9.17, 15) is 0 Å². The Bertz CT molecular complexity index is 877. The molecule has 26 heavy (non-hydrogen) atoms. The minimum Gasteiger partial charge on any atom is -0.355 e. The van der Waals surface area contributed by atoms with Gasteiger partial charge in [0.15, 0.2) is 0 Å². The normalized spacial score (nSPS) is 15.4. The van der Waals surface area contributed by atoms with E-state index in [4.69, 9.17) is 4.98 Å². The zero-order chi connectivity index (χ0) is 17.9. The lowest BCUT2D eigenvalue weighted by atomic mass is 10.00. The molecule has 0 amide bonds. The number of fused-ring (bicyclic) bond motifs is 1. The lowest BCUT2D eigenvalue weighted by molar-refractivity contribution is 0.724. The van der Waals surface area contributed by atoms with Crippen molar-refractivity contribution in [3.05, 3.63) is 41.0 Å². The zero-order valence-electron chi connectivity index (χ0n) is 15.6. The first-order chi connectivity index (χ1) is 12.8. The zero-order valence-corrected chi connectivity index (χ0v) is 16.4. The lowest BCUT2D eigenvalue weighted by Gasteiger charge is -2.22. The molecule has 3 heterocycles. The molecule has 5 heteroatoms. The standard InChI is InChI=1S/C21H26N4S/c1-3-15-6-8-16(9-7-15)18-17(4-2)26-21-19(18)20(23-14-24-21)25-12-5-10-22-11-13-25/h6-9,14,22H,3-5,10-13H2,1-2H3. The van der Waals surface area contributed by atoms with Crippen LogP contribution in [-0.4, -0.2) is 36.1 Å². The Balaban J connectivity index is 1.89. The number of thiophene rings is 1. The van der Waals surface area contributed by atoms with E-state index in [0.717, 1.165) is 56.1 Å². The van der Waals surface area contributed by atoms with Crippen molar-refractivity contribution in [2.75, 3.05) is 31.1 Å². The summed E-state index contributed by atoms with van der Waals surface area (Å²) in [6.07, 6.45) is 4.97. The SMILES string of the molecule is CCc1ccc(-c2c(CC)sc3ncnc(N4CCCNCC4)c23)cc1. The van der Waals surface area contributed by atoms with Crippen molar-refractivity contribution in [1.29, 1.82) is 0 Å². The highest BCUT2D eigenvalue weighted by molar-refractivity contribution is 7.19. The maximum absolute atomic E-state index is 4.73. The molecule has 1 saturated heterocycles. The average Bonchev–Trinajstić information content (AvgIpc) is 2.86. The average molecular weight is 367 g/mol. The van der Waals surface area contributed by atoms with Gasteiger partial charge in [-0.05, 0) is 36.9 Å². The number of hydrogen-bond donors (Lipinski definition) is 1. The van der Waals surface area contributed by atoms with Gasteiger partial charge < -0.3 is 10.2 Å². The Morgan fingerprint density at radius 2 is 1.88 bits per heavy atom. The molecule has 0 atom stereocenters. The van der Waals surface area contributed by atoms with Crippen LogP contribution in [0.15, 0.2) is 30.6 Å². The van der Waals surface area contributed by atoms with Gasteiger partial charge >= 0.3 is 0 Å². The van der Waals surface area contributed by atoms with Crippen LogP contribution in [0, 0.1) is 0 Å². The summed E-state index contributed by atoms with van der Waals surface area (Å²) in [5, 5.41) is 4.72. The van der Waals surface area contributed by atoms with E-state index in [-0.39, 0.29) is 0 Å². The van der Waals surface area contributed by atoms with E-state index < -0.39 is 0 Å². The van der Waals surface area contributed by atoms with Crippen molar-refractivity contribution in [2.45, 2.75) is 33.1 Å². The van der Waals surface area contributed by atoms with Crippen LogP contribution in [-0.2, 0) is 12.8 Å². The number of nitrogens with one attached hydrogen (secondary N) is 1. The molecule has 136 valence electrons. The van der Waals surface area contributed by atoms with Gasteiger partial charge in [-0.25, -0.2) is 9.97 Å². The van der Waals surface area contributed by atoms with Gasteiger partial charge in [-0.15, -0.1) is 11.3 Å². The molecular weight excluding hydrogens is 340 g/mol. The summed E-state index contributed by atoms with van der Waals surface area (Å²) in [6.45, 7) is 8.57. The molecule has 1 aliphatic rings. The molecule has 3 aromatic rings. The summed E-state index contributed by atoms with van der Waals surface area (Å²) in [6, 6.07) is 9.02. The van der Waals surface area contributed by atoms with E-state index in [2.05, 4.69) is 53.3 Å². The molecular formula is C21H26N4S. The summed E-state index contributed by atoms with van der Waals surface area (Å²) in [5.74, 6) is 1.10. The summed E-state index contributed by atoms with van der Waals surface area (Å²) in [4.78, 5) is 14.3. The highest BCUT2D eigenvalue weighted by Crippen LogP contribution is 2.42. The number of anilines is 1. The third kappa shape index (κ3) is 3.21. The number of aryl methyl sites for hydroxylation is 2. The molecule has 1 N–H and O–H groups in total. The Hall–Kier alpha value is -1.98. The second-order valence-electron chi connectivity index (χ2n) is 6.77. The van der Waals surface area contributed by atoms with E-state index in [1.807, 2.05) is 11.3 Å². The first kappa shape index (κ1) is 17.4. The molecule has 4 nitrogen and oxygen atoms in total. The van der Waals surface area contributed by atoms with Gasteiger partial charge in [0.25, 0.3) is 0 Å². The minimum atomic E-state index is 0.998. The van der Waals surface area contributed by atoms with Gasteiger partial charge in [-0.1, -0.05) is 38.1 Å². The van der Waals surface area contributed by atoms with E-state index in [1.54, 1.807) is 6.33 Å². The van der Waals surface area contributed by atoms with Crippen molar-refractivity contribution in [2.24, 2.45) is 0 Å². The molecule has 0 spiro atoms. The van der Waals surface area contributed by atoms with Crippen LogP contribution in [0.25, 0.3) is 21.3 Å². The number of benzene rings is 1. The topological polar surface area (TPSA) is 41.1 Å². The Kier molecular flexibility index (Phi) is 5.18. The fraction of sp³-hybridized carbons (Fsp3) is 0.429. The number of rotatable bonds is 4. The Labute approximate surface area is 159 Å². The van der Waals surface area contributed by atoms with Gasteiger partial charge in [0.05, 0.1) is 5.39 Å². The first-order valence-electron chi connectivity index (χ1n) is 9.63. The smallest absolute Gasteiger partial charge is 0.141 e. The van der Waals surface area contributed by atoms with Crippen LogP contribution in [0.5, 0.6) is 0 Å². The fourth-order valence-corrected chi connectivity index (χ4v) is 4.82. The van der Waals surface area contributed by atoms with Gasteiger partial charge in [0.1, 0.15) is 17.0 Å². The minimum absolute atomic E-state index is 0.998. The summed E-state index contributed by atoms with van der Waals surface area (Å²) >= 11 is 1.82. The largest absolute Gasteiger partial charge is 0.355 e. The predicted octanol–water partition coefficient (Wildman–Crippen LogP) is 4.28. The molecule has 1 aliphatic heterocycles. The molecule has 0 aliphatic carbocycles. The fourth-order valence-electron chi connectivity index (χ4n) is 3.72. The number of hydrogen-bond acceptors (Lipinski definition) is 5. The van der Waals surface area contributed by atoms with Crippen LogP contribution >= 0.6 is 11.3 Å². The van der Waals surface area contributed by atoms with E-state index >= 15 is 0 Å². The lowest BCUT2D eigenvalue weighted by Crippen LogP contribution is -2.28. The van der Waals surface area contributed by atoms with Gasteiger partial charge in [-0.3, -0.25) is 0 Å². The molecule has 0 saturated carbocycles. The molecule has 0 bridgehead atoms. The van der Waals surface area contributed by atoms with Crippen LogP contribution in [0.3, 0.4) is 0 Å². The molecule has 0 radical (unpaired) electrons. The highest BCUT2D eigenvalue weighted by Gasteiger charge is 2.21. The highest BCUT2D eigenvalue weighted by atomic mass is 32.1. The maximum atomic E-state index is 4.73. The van der Waals surface area contributed by atoms with Crippen LogP contribution in [0.2, 0.25) is 0 Å². The molecule has 2 aromatic heterocycles. The summed E-state index contributed by atoms with van der Waals surface area (Å²) in [7, 11) is 0. The van der Waals surface area contributed by atoms with E-state index in [0.29, 0.717) is 0 Å². The van der Waals surface area contributed by atoms with Crippen molar-refractivity contribution >= 4 is 27.4 Å². The number of nitrogens with zero attached hydrogens (tertiary/aromatic N) is 3. The van der Waals surface area contributed by atoms with Crippen molar-refractivity contribution in [1.82, 2.24) is 15.3 Å². The van der Waals surface area contributed by atoms with Gasteiger partial charge in [0, 0.05) is 30.1 Å². The molecule has 4 rings (SSSR count). The summed E-state index contributed by atoms with van der Waals surface area (Å²) < 4.78 is 0. The quantitative estimate of drug-likeness (QED) is 0.748. The van der Waals surface area contributed by atoms with Crippen LogP contribution < -0.4 is 10.2 Å². The van der Waals surface area contributed by atoms with Crippen LogP contribution in [0.4, 0.5) is 5.82 Å². The van der Waals surface area contributed by atoms with Gasteiger partial charge in [-0.2, -0.15) is 0 Å². The number of aromatic nitrogens is 2. The van der Waals surface area contributed by atoms with Crippen molar-refractivity contribution in [3.8, 4) is 11.1 Å². The van der Waals surface area contributed by atoms with E-state index in [1.165, 1.54) is 27.0 Å². The third-order valence-corrected chi connectivity index (χ3v) is 6.39. The molecule has 0 unspecified atom stereocenters. The molecule has 1 aromatic carbocycles. The Morgan fingerprint density at radius 3 is 2.65 bits per heavy atom. The first-order valence-corrected chi connectivity index (χ1v) is 10.4. The monoisotopic (exact) mass is 366 g/mol. The van der Waals surface area contributed by atoms with Crippen molar-refractivity contribution < 1.29 is 0 Å². The second-order valence-corrected chi connectivity index (χ2v) is 7.86. The molecule has 1 fully saturated rings. The third-order valence-electron chi connectivity index (χ3n) is 5.15. The predicted molar refractivity (Wildman–Crippen MR) is 111 cm³/mol.